The lowest BCUT2D eigenvalue weighted by Gasteiger charge is -2.26. The van der Waals surface area contributed by atoms with E-state index in [0.717, 1.165) is 0 Å². The van der Waals surface area contributed by atoms with E-state index >= 15 is 0 Å². The largest absolute Gasteiger partial charge is 0.481 e. The minimum Gasteiger partial charge on any atom is -0.481 e. The Balaban J connectivity index is 3.92. The van der Waals surface area contributed by atoms with E-state index in [4.69, 9.17) is 14.6 Å². The van der Waals surface area contributed by atoms with Crippen LogP contribution in [0, 0.1) is 5.92 Å². The maximum Gasteiger partial charge on any atom is 0.306 e. The highest BCUT2D eigenvalue weighted by Gasteiger charge is 2.24. The average molecular weight is 190 g/mol. The van der Waals surface area contributed by atoms with Crippen LogP contribution in [0.2, 0.25) is 0 Å². The number of hydrogen-bond acceptors (Lipinski definition) is 3. The van der Waals surface area contributed by atoms with Crippen molar-refractivity contribution >= 4 is 5.97 Å². The summed E-state index contributed by atoms with van der Waals surface area (Å²) in [5, 5.41) is 8.64. The van der Waals surface area contributed by atoms with E-state index in [1.165, 1.54) is 0 Å². The van der Waals surface area contributed by atoms with Crippen LogP contribution in [0.4, 0.5) is 0 Å². The Bertz CT molecular complexity index is 163. The number of ether oxygens (including phenoxy) is 2. The Morgan fingerprint density at radius 3 is 2.23 bits per heavy atom. The molecule has 4 heteroatoms. The van der Waals surface area contributed by atoms with Crippen LogP contribution in [0.25, 0.3) is 0 Å². The first-order valence-corrected chi connectivity index (χ1v) is 4.28. The van der Waals surface area contributed by atoms with Crippen LogP contribution in [0.15, 0.2) is 0 Å². The lowest BCUT2D eigenvalue weighted by molar-refractivity contribution is -0.199. The molecule has 0 aromatic carbocycles. The fourth-order valence-corrected chi connectivity index (χ4v) is 0.890. The van der Waals surface area contributed by atoms with Gasteiger partial charge in [0.25, 0.3) is 0 Å². The van der Waals surface area contributed by atoms with Crippen LogP contribution in [0.3, 0.4) is 0 Å². The maximum absolute atomic E-state index is 10.5. The van der Waals surface area contributed by atoms with Crippen molar-refractivity contribution in [3.05, 3.63) is 0 Å². The fourth-order valence-electron chi connectivity index (χ4n) is 0.890. The molecule has 0 fully saturated rings. The molecule has 0 rings (SSSR count). The average Bonchev–Trinajstić information content (AvgIpc) is 2.13. The number of hydrogen-bond donors (Lipinski definition) is 1. The second kappa shape index (κ2) is 5.19. The number of methoxy groups -OCH3 is 2. The van der Waals surface area contributed by atoms with Crippen molar-refractivity contribution in [2.45, 2.75) is 32.5 Å². The molecular weight excluding hydrogens is 172 g/mol. The predicted molar refractivity (Wildman–Crippen MR) is 48.5 cm³/mol. The molecule has 13 heavy (non-hydrogen) atoms. The van der Waals surface area contributed by atoms with Gasteiger partial charge in [-0.2, -0.15) is 0 Å². The van der Waals surface area contributed by atoms with Gasteiger partial charge in [0.15, 0.2) is 5.79 Å². The molecule has 78 valence electrons. The van der Waals surface area contributed by atoms with Gasteiger partial charge in [-0.05, 0) is 13.3 Å². The van der Waals surface area contributed by atoms with Crippen molar-refractivity contribution in [1.82, 2.24) is 0 Å². The molecule has 0 radical (unpaired) electrons. The maximum atomic E-state index is 10.5. The molecule has 0 aromatic heterocycles. The van der Waals surface area contributed by atoms with Gasteiger partial charge in [-0.3, -0.25) is 4.79 Å². The number of carbonyl (C=O) groups is 1. The highest BCUT2D eigenvalue weighted by Crippen LogP contribution is 2.20. The molecule has 0 spiro atoms. The van der Waals surface area contributed by atoms with Gasteiger partial charge in [0.2, 0.25) is 0 Å². The van der Waals surface area contributed by atoms with Gasteiger partial charge < -0.3 is 14.6 Å². The molecule has 0 bridgehead atoms. The second-order valence-electron chi connectivity index (χ2n) is 3.32. The molecule has 0 saturated carbocycles. The van der Waals surface area contributed by atoms with Gasteiger partial charge in [-0.1, -0.05) is 6.92 Å². The predicted octanol–water partition coefficient (Wildman–Crippen LogP) is 1.50. The van der Waals surface area contributed by atoms with E-state index in [1.807, 2.05) is 0 Å². The zero-order chi connectivity index (χ0) is 10.5. The van der Waals surface area contributed by atoms with Crippen LogP contribution in [0.5, 0.6) is 0 Å². The minimum atomic E-state index is -0.783. The summed E-state index contributed by atoms with van der Waals surface area (Å²) in [4.78, 5) is 10.5. The lowest BCUT2D eigenvalue weighted by atomic mass is 10.0. The van der Waals surface area contributed by atoms with Crippen molar-refractivity contribution in [1.29, 1.82) is 0 Å². The summed E-state index contributed by atoms with van der Waals surface area (Å²) in [6.07, 6.45) is 1.13. The minimum absolute atomic E-state index is 0.357. The fraction of sp³-hybridized carbons (Fsp3) is 0.889. The third-order valence-corrected chi connectivity index (χ3v) is 2.32. The van der Waals surface area contributed by atoms with Crippen LogP contribution < -0.4 is 0 Å². The zero-order valence-electron chi connectivity index (χ0n) is 8.66. The van der Waals surface area contributed by atoms with Crippen LogP contribution in [-0.2, 0) is 14.3 Å². The van der Waals surface area contributed by atoms with Crippen molar-refractivity contribution < 1.29 is 19.4 Å². The Kier molecular flexibility index (Phi) is 4.95. The first-order valence-electron chi connectivity index (χ1n) is 4.28. The molecule has 0 aliphatic carbocycles. The van der Waals surface area contributed by atoms with E-state index in [2.05, 4.69) is 0 Å². The molecule has 0 aliphatic heterocycles. The van der Waals surface area contributed by atoms with E-state index in [9.17, 15) is 4.79 Å². The summed E-state index contributed by atoms with van der Waals surface area (Å²) in [5.41, 5.74) is 0. The standard InChI is InChI=1S/C9H18O4/c1-7(8(10)11)5-6-9(2,12-3)13-4/h7H,5-6H2,1-4H3,(H,10,11). The summed E-state index contributed by atoms with van der Waals surface area (Å²) >= 11 is 0. The molecule has 0 saturated heterocycles. The summed E-state index contributed by atoms with van der Waals surface area (Å²) in [7, 11) is 3.10. The SMILES string of the molecule is COC(C)(CCC(C)C(=O)O)OC. The molecule has 1 N–H and O–H groups in total. The van der Waals surface area contributed by atoms with Gasteiger partial charge >= 0.3 is 5.97 Å². The Morgan fingerprint density at radius 2 is 1.92 bits per heavy atom. The summed E-state index contributed by atoms with van der Waals surface area (Å²) < 4.78 is 10.2. The molecule has 0 aromatic rings. The van der Waals surface area contributed by atoms with Crippen LogP contribution >= 0.6 is 0 Å². The molecule has 0 aliphatic rings. The quantitative estimate of drug-likeness (QED) is 0.645. The highest BCUT2D eigenvalue weighted by molar-refractivity contribution is 5.69. The highest BCUT2D eigenvalue weighted by atomic mass is 16.7. The number of rotatable bonds is 6. The van der Waals surface area contributed by atoms with Gasteiger partial charge in [-0.25, -0.2) is 0 Å². The summed E-state index contributed by atoms with van der Waals surface area (Å²) in [6, 6.07) is 0. The normalized spacial score (nSPS) is 14.2. The third kappa shape index (κ3) is 4.24. The summed E-state index contributed by atoms with van der Waals surface area (Å²) in [6.45, 7) is 3.47. The summed E-state index contributed by atoms with van der Waals surface area (Å²) in [5.74, 6) is -1.80. The Labute approximate surface area is 78.8 Å². The third-order valence-electron chi connectivity index (χ3n) is 2.32. The van der Waals surface area contributed by atoms with Crippen LogP contribution in [-0.4, -0.2) is 31.1 Å². The van der Waals surface area contributed by atoms with Crippen molar-refractivity contribution in [2.75, 3.05) is 14.2 Å². The van der Waals surface area contributed by atoms with Crippen molar-refractivity contribution in [2.24, 2.45) is 5.92 Å². The van der Waals surface area contributed by atoms with Gasteiger partial charge in [0.05, 0.1) is 5.92 Å². The first-order chi connectivity index (χ1) is 5.95. The van der Waals surface area contributed by atoms with Gasteiger partial charge in [0, 0.05) is 20.6 Å². The van der Waals surface area contributed by atoms with Gasteiger partial charge in [0.1, 0.15) is 0 Å². The molecular formula is C9H18O4. The number of carboxylic acid groups (broad SMARTS) is 1. The molecule has 1 unspecified atom stereocenters. The van der Waals surface area contributed by atoms with Crippen LogP contribution in [0.1, 0.15) is 26.7 Å². The molecule has 1 atom stereocenters. The number of aliphatic carboxylic acids is 1. The Hall–Kier alpha value is -0.610. The zero-order valence-corrected chi connectivity index (χ0v) is 8.66. The molecule has 0 amide bonds. The molecule has 0 heterocycles. The second-order valence-corrected chi connectivity index (χ2v) is 3.32. The number of carboxylic acids is 1. The van der Waals surface area contributed by atoms with E-state index < -0.39 is 11.8 Å². The topological polar surface area (TPSA) is 55.8 Å². The Morgan fingerprint density at radius 1 is 1.46 bits per heavy atom. The smallest absolute Gasteiger partial charge is 0.306 e. The van der Waals surface area contributed by atoms with E-state index in [-0.39, 0.29) is 5.92 Å². The van der Waals surface area contributed by atoms with E-state index in [1.54, 1.807) is 28.1 Å². The van der Waals surface area contributed by atoms with Crippen molar-refractivity contribution in [3.63, 3.8) is 0 Å². The lowest BCUT2D eigenvalue weighted by Crippen LogP contribution is -2.30. The molecule has 4 nitrogen and oxygen atoms in total. The van der Waals surface area contributed by atoms with E-state index in [0.29, 0.717) is 12.8 Å². The monoisotopic (exact) mass is 190 g/mol. The van der Waals surface area contributed by atoms with Crippen molar-refractivity contribution in [3.8, 4) is 0 Å². The first kappa shape index (κ1) is 12.4. The van der Waals surface area contributed by atoms with Gasteiger partial charge in [-0.15, -0.1) is 0 Å².